The molecule has 1 aliphatic rings. The molecule has 0 unspecified atom stereocenters. The minimum atomic E-state index is 0. The lowest BCUT2D eigenvalue weighted by atomic mass is 9.98. The SMILES string of the molecule is CN(Cc1ccc2ccccc2c1)C(=O)[C@@H]1CCCNC1.Cl. The number of hydrogen-bond acceptors (Lipinski definition) is 2. The van der Waals surface area contributed by atoms with E-state index in [0.29, 0.717) is 6.54 Å². The maximum absolute atomic E-state index is 12.5. The zero-order valence-corrected chi connectivity index (χ0v) is 13.7. The Bertz CT molecular complexity index is 638. The van der Waals surface area contributed by atoms with E-state index in [1.165, 1.54) is 16.3 Å². The third-order valence-corrected chi connectivity index (χ3v) is 4.26. The van der Waals surface area contributed by atoms with Crippen LogP contribution in [0, 0.1) is 5.92 Å². The number of halogens is 1. The molecule has 1 N–H and O–H groups in total. The zero-order chi connectivity index (χ0) is 14.7. The molecule has 0 aromatic heterocycles. The van der Waals surface area contributed by atoms with E-state index in [1.54, 1.807) is 0 Å². The van der Waals surface area contributed by atoms with Crippen LogP contribution >= 0.6 is 12.4 Å². The van der Waals surface area contributed by atoms with E-state index < -0.39 is 0 Å². The van der Waals surface area contributed by atoms with Crippen molar-refractivity contribution >= 4 is 29.1 Å². The van der Waals surface area contributed by atoms with Gasteiger partial charge in [0.25, 0.3) is 0 Å². The van der Waals surface area contributed by atoms with Crippen molar-refractivity contribution in [2.75, 3.05) is 20.1 Å². The number of nitrogens with zero attached hydrogens (tertiary/aromatic N) is 1. The van der Waals surface area contributed by atoms with Gasteiger partial charge in [-0.15, -0.1) is 12.4 Å². The van der Waals surface area contributed by atoms with E-state index >= 15 is 0 Å². The maximum atomic E-state index is 12.5. The molecule has 4 heteroatoms. The summed E-state index contributed by atoms with van der Waals surface area (Å²) in [5.41, 5.74) is 1.19. The van der Waals surface area contributed by atoms with E-state index in [-0.39, 0.29) is 24.2 Å². The first-order valence-electron chi connectivity index (χ1n) is 7.67. The fourth-order valence-corrected chi connectivity index (χ4v) is 3.06. The van der Waals surface area contributed by atoms with Crippen molar-refractivity contribution in [3.63, 3.8) is 0 Å². The highest BCUT2D eigenvalue weighted by Crippen LogP contribution is 2.18. The Balaban J connectivity index is 0.00000176. The Morgan fingerprint density at radius 2 is 2.00 bits per heavy atom. The number of carbonyl (C=O) groups excluding carboxylic acids is 1. The van der Waals surface area contributed by atoms with Gasteiger partial charge in [-0.25, -0.2) is 0 Å². The van der Waals surface area contributed by atoms with Gasteiger partial charge in [0.1, 0.15) is 0 Å². The third kappa shape index (κ3) is 3.79. The highest BCUT2D eigenvalue weighted by atomic mass is 35.5. The quantitative estimate of drug-likeness (QED) is 0.942. The monoisotopic (exact) mass is 318 g/mol. The molecule has 0 radical (unpaired) electrons. The fraction of sp³-hybridized carbons (Fsp3) is 0.389. The molecule has 1 saturated heterocycles. The molecule has 22 heavy (non-hydrogen) atoms. The van der Waals surface area contributed by atoms with Crippen molar-refractivity contribution in [1.82, 2.24) is 10.2 Å². The van der Waals surface area contributed by atoms with Gasteiger partial charge in [-0.2, -0.15) is 0 Å². The summed E-state index contributed by atoms with van der Waals surface area (Å²) in [5.74, 6) is 0.402. The third-order valence-electron chi connectivity index (χ3n) is 4.26. The summed E-state index contributed by atoms with van der Waals surface area (Å²) in [4.78, 5) is 14.3. The van der Waals surface area contributed by atoms with E-state index in [9.17, 15) is 4.79 Å². The average molecular weight is 319 g/mol. The van der Waals surface area contributed by atoms with Crippen molar-refractivity contribution < 1.29 is 4.79 Å². The first-order chi connectivity index (χ1) is 10.2. The van der Waals surface area contributed by atoms with Crippen molar-refractivity contribution in [3.05, 3.63) is 48.0 Å². The minimum Gasteiger partial charge on any atom is -0.341 e. The van der Waals surface area contributed by atoms with Gasteiger partial charge in [0.2, 0.25) is 5.91 Å². The molecule has 0 aliphatic carbocycles. The molecule has 1 fully saturated rings. The van der Waals surface area contributed by atoms with Crippen LogP contribution in [-0.4, -0.2) is 30.9 Å². The molecule has 2 aromatic carbocycles. The molecule has 0 bridgehead atoms. The van der Waals surface area contributed by atoms with E-state index in [0.717, 1.165) is 25.9 Å². The molecule has 1 atom stereocenters. The molecular weight excluding hydrogens is 296 g/mol. The number of piperidine rings is 1. The molecule has 1 heterocycles. The van der Waals surface area contributed by atoms with Crippen LogP contribution in [0.3, 0.4) is 0 Å². The predicted molar refractivity (Wildman–Crippen MR) is 93.3 cm³/mol. The fourth-order valence-electron chi connectivity index (χ4n) is 3.06. The molecule has 0 saturated carbocycles. The second-order valence-corrected chi connectivity index (χ2v) is 5.92. The van der Waals surface area contributed by atoms with Crippen molar-refractivity contribution in [2.45, 2.75) is 19.4 Å². The Labute approximate surface area is 138 Å². The summed E-state index contributed by atoms with van der Waals surface area (Å²) in [6, 6.07) is 14.8. The molecule has 2 aromatic rings. The summed E-state index contributed by atoms with van der Waals surface area (Å²) in [6.07, 6.45) is 2.11. The molecule has 1 amide bonds. The van der Waals surface area contributed by atoms with Gasteiger partial charge in [0.15, 0.2) is 0 Å². The molecule has 0 spiro atoms. The smallest absolute Gasteiger partial charge is 0.227 e. The summed E-state index contributed by atoms with van der Waals surface area (Å²) in [5, 5.41) is 5.79. The van der Waals surface area contributed by atoms with Crippen molar-refractivity contribution in [2.24, 2.45) is 5.92 Å². The van der Waals surface area contributed by atoms with Crippen molar-refractivity contribution in [1.29, 1.82) is 0 Å². The topological polar surface area (TPSA) is 32.3 Å². The maximum Gasteiger partial charge on any atom is 0.227 e. The first kappa shape index (κ1) is 16.8. The van der Waals surface area contributed by atoms with E-state index in [1.807, 2.05) is 18.0 Å². The molecule has 118 valence electrons. The summed E-state index contributed by atoms with van der Waals surface area (Å²) >= 11 is 0. The number of carbonyl (C=O) groups is 1. The number of fused-ring (bicyclic) bond motifs is 1. The molecular formula is C18H23ClN2O. The molecule has 3 nitrogen and oxygen atoms in total. The van der Waals surface area contributed by atoms with Gasteiger partial charge in [-0.1, -0.05) is 36.4 Å². The summed E-state index contributed by atoms with van der Waals surface area (Å²) in [6.45, 7) is 2.54. The van der Waals surface area contributed by atoms with Gasteiger partial charge in [0.05, 0.1) is 5.92 Å². The molecule has 3 rings (SSSR count). The van der Waals surface area contributed by atoms with Crippen LogP contribution in [0.1, 0.15) is 18.4 Å². The first-order valence-corrected chi connectivity index (χ1v) is 7.67. The largest absolute Gasteiger partial charge is 0.341 e. The van der Waals surface area contributed by atoms with Crippen LogP contribution in [0.4, 0.5) is 0 Å². The number of amides is 1. The van der Waals surface area contributed by atoms with E-state index in [4.69, 9.17) is 0 Å². The Kier molecular flexibility index (Phi) is 5.81. The van der Waals surface area contributed by atoms with Crippen LogP contribution in [0.2, 0.25) is 0 Å². The standard InChI is InChI=1S/C18H22N2O.ClH/c1-20(18(21)17-7-4-10-19-12-17)13-14-8-9-15-5-2-3-6-16(15)11-14;/h2-3,5-6,8-9,11,17,19H,4,7,10,12-13H2,1H3;1H/t17-;/m1./s1. The van der Waals surface area contributed by atoms with Gasteiger partial charge in [0, 0.05) is 20.1 Å². The second-order valence-electron chi connectivity index (χ2n) is 5.92. The molecule has 1 aliphatic heterocycles. The van der Waals surface area contributed by atoms with Crippen LogP contribution in [0.5, 0.6) is 0 Å². The van der Waals surface area contributed by atoms with Gasteiger partial charge in [-0.05, 0) is 41.8 Å². The average Bonchev–Trinajstić information content (AvgIpc) is 2.55. The van der Waals surface area contributed by atoms with Crippen LogP contribution in [0.15, 0.2) is 42.5 Å². The minimum absolute atomic E-state index is 0. The highest BCUT2D eigenvalue weighted by molar-refractivity contribution is 5.85. The Morgan fingerprint density at radius 1 is 1.23 bits per heavy atom. The van der Waals surface area contributed by atoms with Crippen LogP contribution < -0.4 is 5.32 Å². The normalized spacial score (nSPS) is 17.8. The summed E-state index contributed by atoms with van der Waals surface area (Å²) in [7, 11) is 1.91. The van der Waals surface area contributed by atoms with Gasteiger partial charge in [-0.3, -0.25) is 4.79 Å². The van der Waals surface area contributed by atoms with Gasteiger partial charge < -0.3 is 10.2 Å². The lowest BCUT2D eigenvalue weighted by molar-refractivity contribution is -0.135. The lowest BCUT2D eigenvalue weighted by Gasteiger charge is -2.27. The zero-order valence-electron chi connectivity index (χ0n) is 12.9. The van der Waals surface area contributed by atoms with E-state index in [2.05, 4.69) is 41.7 Å². The second kappa shape index (κ2) is 7.61. The van der Waals surface area contributed by atoms with Crippen molar-refractivity contribution in [3.8, 4) is 0 Å². The van der Waals surface area contributed by atoms with Gasteiger partial charge >= 0.3 is 0 Å². The summed E-state index contributed by atoms with van der Waals surface area (Å²) < 4.78 is 0. The Morgan fingerprint density at radius 3 is 2.73 bits per heavy atom. The lowest BCUT2D eigenvalue weighted by Crippen LogP contribution is -2.41. The number of nitrogens with one attached hydrogen (secondary N) is 1. The van der Waals surface area contributed by atoms with Crippen LogP contribution in [-0.2, 0) is 11.3 Å². The Hall–Kier alpha value is -1.58. The number of benzene rings is 2. The number of rotatable bonds is 3. The number of hydrogen-bond donors (Lipinski definition) is 1. The highest BCUT2D eigenvalue weighted by Gasteiger charge is 2.23. The predicted octanol–water partition coefficient (Wildman–Crippen LogP) is 3.22. The van der Waals surface area contributed by atoms with Crippen LogP contribution in [0.25, 0.3) is 10.8 Å².